The maximum Gasteiger partial charge on any atom is 0.387 e. The number of amides is 1. The van der Waals surface area contributed by atoms with Crippen molar-refractivity contribution in [3.05, 3.63) is 64.1 Å². The Bertz CT molecular complexity index is 825. The zero-order valence-corrected chi connectivity index (χ0v) is 14.4. The van der Waals surface area contributed by atoms with E-state index in [1.54, 1.807) is 24.2 Å². The third kappa shape index (κ3) is 4.09. The number of carbonyl (C=O) groups is 1. The summed E-state index contributed by atoms with van der Waals surface area (Å²) in [5.74, 6) is 0.159. The highest BCUT2D eigenvalue weighted by atomic mass is 19.3. The molecular formula is C19H20F2N2O3. The molecule has 2 heterocycles. The minimum Gasteiger partial charge on any atom is -0.435 e. The van der Waals surface area contributed by atoms with Gasteiger partial charge in [-0.3, -0.25) is 9.59 Å². The third-order valence-corrected chi connectivity index (χ3v) is 4.71. The Balaban J connectivity index is 1.61. The van der Waals surface area contributed by atoms with Gasteiger partial charge in [0, 0.05) is 38.0 Å². The van der Waals surface area contributed by atoms with Crippen LogP contribution >= 0.6 is 0 Å². The molecule has 3 rings (SSSR count). The topological polar surface area (TPSA) is 51.5 Å². The molecule has 1 aromatic heterocycles. The monoisotopic (exact) mass is 362 g/mol. The van der Waals surface area contributed by atoms with Crippen LogP contribution in [0.2, 0.25) is 0 Å². The molecule has 0 radical (unpaired) electrons. The Morgan fingerprint density at radius 2 is 1.81 bits per heavy atom. The van der Waals surface area contributed by atoms with E-state index in [2.05, 4.69) is 4.74 Å². The highest BCUT2D eigenvalue weighted by Crippen LogP contribution is 2.28. The summed E-state index contributed by atoms with van der Waals surface area (Å²) in [6.07, 6.45) is 3.33. The number of hydrogen-bond acceptors (Lipinski definition) is 3. The zero-order chi connectivity index (χ0) is 18.7. The van der Waals surface area contributed by atoms with Crippen LogP contribution in [0.1, 0.15) is 34.7 Å². The lowest BCUT2D eigenvalue weighted by Crippen LogP contribution is -2.38. The van der Waals surface area contributed by atoms with Crippen LogP contribution in [-0.4, -0.2) is 35.1 Å². The van der Waals surface area contributed by atoms with Crippen LogP contribution < -0.4 is 10.3 Å². The van der Waals surface area contributed by atoms with Gasteiger partial charge < -0.3 is 14.2 Å². The summed E-state index contributed by atoms with van der Waals surface area (Å²) in [6.45, 7) is -1.70. The van der Waals surface area contributed by atoms with Gasteiger partial charge in [-0.05, 0) is 54.7 Å². The fourth-order valence-electron chi connectivity index (χ4n) is 3.20. The number of benzene rings is 1. The minimum atomic E-state index is -2.88. The van der Waals surface area contributed by atoms with Crippen molar-refractivity contribution in [2.45, 2.75) is 25.4 Å². The first-order valence-corrected chi connectivity index (χ1v) is 8.45. The zero-order valence-electron chi connectivity index (χ0n) is 14.4. The molecule has 1 amide bonds. The molecule has 0 aliphatic carbocycles. The third-order valence-electron chi connectivity index (χ3n) is 4.71. The van der Waals surface area contributed by atoms with Crippen molar-refractivity contribution in [2.75, 3.05) is 13.1 Å². The molecule has 0 bridgehead atoms. The van der Waals surface area contributed by atoms with Crippen LogP contribution in [0.15, 0.2) is 47.4 Å². The normalized spacial score (nSPS) is 15.3. The molecular weight excluding hydrogens is 342 g/mol. The Morgan fingerprint density at radius 3 is 2.38 bits per heavy atom. The number of rotatable bonds is 4. The number of alkyl halides is 2. The number of carbonyl (C=O) groups excluding carboxylic acids is 1. The number of likely N-dealkylation sites (tertiary alicyclic amines) is 1. The number of piperidine rings is 1. The van der Waals surface area contributed by atoms with Gasteiger partial charge >= 0.3 is 6.61 Å². The molecule has 26 heavy (non-hydrogen) atoms. The van der Waals surface area contributed by atoms with Crippen molar-refractivity contribution in [2.24, 2.45) is 7.05 Å². The van der Waals surface area contributed by atoms with Crippen LogP contribution in [0.25, 0.3) is 0 Å². The van der Waals surface area contributed by atoms with Crippen LogP contribution in [0.3, 0.4) is 0 Å². The van der Waals surface area contributed by atoms with Gasteiger partial charge in [0.2, 0.25) is 0 Å². The van der Waals surface area contributed by atoms with E-state index in [0.717, 1.165) is 18.4 Å². The van der Waals surface area contributed by atoms with Crippen LogP contribution in [0, 0.1) is 0 Å². The van der Waals surface area contributed by atoms with Crippen molar-refractivity contribution < 1.29 is 18.3 Å². The maximum absolute atomic E-state index is 12.6. The second-order valence-electron chi connectivity index (χ2n) is 6.38. The van der Waals surface area contributed by atoms with Gasteiger partial charge in [-0.2, -0.15) is 8.78 Å². The second kappa shape index (κ2) is 7.68. The lowest BCUT2D eigenvalue weighted by Gasteiger charge is -2.32. The Hall–Kier alpha value is -2.70. The number of pyridine rings is 1. The summed E-state index contributed by atoms with van der Waals surface area (Å²) in [6, 6.07) is 9.33. The van der Waals surface area contributed by atoms with Gasteiger partial charge in [-0.15, -0.1) is 0 Å². The molecule has 5 nitrogen and oxygen atoms in total. The van der Waals surface area contributed by atoms with E-state index in [-0.39, 0.29) is 23.1 Å². The Kier molecular flexibility index (Phi) is 5.35. The largest absolute Gasteiger partial charge is 0.435 e. The standard InChI is InChI=1S/C19H20F2N2O3/c1-22-9-6-15(12-17(22)24)13-7-10-23(11-8-13)18(25)14-2-4-16(5-3-14)26-19(20)21/h2-6,9,12-13,19H,7-8,10-11H2,1H3. The molecule has 1 aliphatic rings. The highest BCUT2D eigenvalue weighted by Gasteiger charge is 2.25. The molecule has 2 aromatic rings. The lowest BCUT2D eigenvalue weighted by atomic mass is 9.90. The predicted molar refractivity (Wildman–Crippen MR) is 92.6 cm³/mol. The number of halogens is 2. The van der Waals surface area contributed by atoms with Crippen LogP contribution in [-0.2, 0) is 7.05 Å². The van der Waals surface area contributed by atoms with Crippen LogP contribution in [0.4, 0.5) is 8.78 Å². The summed E-state index contributed by atoms with van der Waals surface area (Å²) in [5, 5.41) is 0. The molecule has 1 aliphatic heterocycles. The average Bonchev–Trinajstić information content (AvgIpc) is 2.64. The summed E-state index contributed by atoms with van der Waals surface area (Å²) < 4.78 is 30.2. The van der Waals surface area contributed by atoms with E-state index in [9.17, 15) is 18.4 Å². The number of hydrogen-bond donors (Lipinski definition) is 0. The van der Waals surface area contributed by atoms with Gasteiger partial charge in [0.05, 0.1) is 0 Å². The van der Waals surface area contributed by atoms with E-state index in [1.807, 2.05) is 6.07 Å². The first-order chi connectivity index (χ1) is 12.4. The predicted octanol–water partition coefficient (Wildman–Crippen LogP) is 3.01. The van der Waals surface area contributed by atoms with Gasteiger partial charge in [-0.1, -0.05) is 0 Å². The van der Waals surface area contributed by atoms with Crippen molar-refractivity contribution in [1.82, 2.24) is 9.47 Å². The van der Waals surface area contributed by atoms with E-state index in [1.165, 1.54) is 28.8 Å². The molecule has 138 valence electrons. The molecule has 0 saturated carbocycles. The molecule has 0 spiro atoms. The minimum absolute atomic E-state index is 0.0286. The fourth-order valence-corrected chi connectivity index (χ4v) is 3.20. The van der Waals surface area contributed by atoms with Crippen molar-refractivity contribution >= 4 is 5.91 Å². The van der Waals surface area contributed by atoms with Gasteiger partial charge in [-0.25, -0.2) is 0 Å². The van der Waals surface area contributed by atoms with Crippen molar-refractivity contribution in [3.63, 3.8) is 0 Å². The number of aryl methyl sites for hydroxylation is 1. The number of nitrogens with zero attached hydrogens (tertiary/aromatic N) is 2. The summed E-state index contributed by atoms with van der Waals surface area (Å²) in [7, 11) is 1.71. The highest BCUT2D eigenvalue weighted by molar-refractivity contribution is 5.94. The van der Waals surface area contributed by atoms with Gasteiger partial charge in [0.1, 0.15) is 5.75 Å². The van der Waals surface area contributed by atoms with Gasteiger partial charge in [0.15, 0.2) is 0 Å². The SMILES string of the molecule is Cn1ccc(C2CCN(C(=O)c3ccc(OC(F)F)cc3)CC2)cc1=O. The Labute approximate surface area is 149 Å². The van der Waals surface area contributed by atoms with E-state index < -0.39 is 6.61 Å². The summed E-state index contributed by atoms with van der Waals surface area (Å²) >= 11 is 0. The fraction of sp³-hybridized carbons (Fsp3) is 0.368. The number of aromatic nitrogens is 1. The molecule has 0 N–H and O–H groups in total. The molecule has 0 unspecified atom stereocenters. The molecule has 7 heteroatoms. The van der Waals surface area contributed by atoms with E-state index in [0.29, 0.717) is 18.7 Å². The van der Waals surface area contributed by atoms with Gasteiger partial charge in [0.25, 0.3) is 11.5 Å². The van der Waals surface area contributed by atoms with Crippen molar-refractivity contribution in [3.8, 4) is 5.75 Å². The molecule has 0 atom stereocenters. The number of ether oxygens (including phenoxy) is 1. The first-order valence-electron chi connectivity index (χ1n) is 8.45. The maximum atomic E-state index is 12.6. The molecule has 1 saturated heterocycles. The molecule has 1 fully saturated rings. The quantitative estimate of drug-likeness (QED) is 0.840. The van der Waals surface area contributed by atoms with E-state index >= 15 is 0 Å². The Morgan fingerprint density at radius 1 is 1.15 bits per heavy atom. The van der Waals surface area contributed by atoms with Crippen molar-refractivity contribution in [1.29, 1.82) is 0 Å². The molecule has 1 aromatic carbocycles. The smallest absolute Gasteiger partial charge is 0.387 e. The summed E-state index contributed by atoms with van der Waals surface area (Å²) in [4.78, 5) is 26.1. The summed E-state index contributed by atoms with van der Waals surface area (Å²) in [5.41, 5.74) is 1.42. The van der Waals surface area contributed by atoms with Crippen LogP contribution in [0.5, 0.6) is 5.75 Å². The lowest BCUT2D eigenvalue weighted by molar-refractivity contribution is -0.0498. The second-order valence-corrected chi connectivity index (χ2v) is 6.38. The average molecular weight is 362 g/mol. The first kappa shape index (κ1) is 18.1. The van der Waals surface area contributed by atoms with E-state index in [4.69, 9.17) is 0 Å².